The number of phenols is 1. The molecule has 1 aromatic rings. The maximum Gasteiger partial charge on any atom is 0.254 e. The summed E-state index contributed by atoms with van der Waals surface area (Å²) in [5.74, 6) is 0.199. The van der Waals surface area contributed by atoms with E-state index in [4.69, 9.17) is 5.73 Å². The fourth-order valence-electron chi connectivity index (χ4n) is 2.77. The first-order chi connectivity index (χ1) is 9.15. The van der Waals surface area contributed by atoms with Crippen molar-refractivity contribution >= 4 is 5.91 Å². The van der Waals surface area contributed by atoms with Gasteiger partial charge in [-0.3, -0.25) is 4.79 Å². The third-order valence-corrected chi connectivity index (χ3v) is 3.92. The normalized spacial score (nSPS) is 19.5. The minimum absolute atomic E-state index is 0.0200. The van der Waals surface area contributed by atoms with Crippen LogP contribution in [0.1, 0.15) is 41.6 Å². The lowest BCUT2D eigenvalue weighted by molar-refractivity contribution is 0.0604. The highest BCUT2D eigenvalue weighted by molar-refractivity contribution is 5.96. The lowest BCUT2D eigenvalue weighted by atomic mass is 9.97. The average molecular weight is 262 g/mol. The summed E-state index contributed by atoms with van der Waals surface area (Å²) in [6.45, 7) is 3.18. The van der Waals surface area contributed by atoms with Crippen molar-refractivity contribution < 1.29 is 9.90 Å². The Morgan fingerprint density at radius 1 is 1.47 bits per heavy atom. The number of carbonyl (C=O) groups is 1. The van der Waals surface area contributed by atoms with Crippen molar-refractivity contribution in [1.29, 1.82) is 0 Å². The maximum atomic E-state index is 12.6. The van der Waals surface area contributed by atoms with Crippen LogP contribution in [0, 0.1) is 6.92 Å². The molecule has 1 unspecified atom stereocenters. The van der Waals surface area contributed by atoms with Gasteiger partial charge in [-0.2, -0.15) is 0 Å². The number of phenolic OH excluding ortho intramolecular Hbond substituents is 1. The van der Waals surface area contributed by atoms with E-state index in [1.807, 2.05) is 4.90 Å². The Kier molecular flexibility index (Phi) is 4.43. The molecular formula is C15H22N2O2. The molecule has 19 heavy (non-hydrogen) atoms. The van der Waals surface area contributed by atoms with E-state index >= 15 is 0 Å². The molecular weight excluding hydrogens is 240 g/mol. The predicted molar refractivity (Wildman–Crippen MR) is 75.2 cm³/mol. The molecule has 1 atom stereocenters. The molecule has 0 spiro atoms. The molecule has 3 N–H and O–H groups in total. The lowest BCUT2D eigenvalue weighted by Gasteiger charge is -2.36. The molecule has 104 valence electrons. The fourth-order valence-corrected chi connectivity index (χ4v) is 2.77. The van der Waals surface area contributed by atoms with E-state index in [1.165, 1.54) is 0 Å². The third kappa shape index (κ3) is 2.89. The topological polar surface area (TPSA) is 66.6 Å². The van der Waals surface area contributed by atoms with Gasteiger partial charge < -0.3 is 15.7 Å². The zero-order valence-electron chi connectivity index (χ0n) is 11.4. The zero-order chi connectivity index (χ0) is 13.8. The van der Waals surface area contributed by atoms with Crippen LogP contribution < -0.4 is 5.73 Å². The Morgan fingerprint density at radius 2 is 2.26 bits per heavy atom. The summed E-state index contributed by atoms with van der Waals surface area (Å²) < 4.78 is 0. The number of hydrogen-bond donors (Lipinski definition) is 2. The Morgan fingerprint density at radius 3 is 3.00 bits per heavy atom. The van der Waals surface area contributed by atoms with Crippen molar-refractivity contribution in [2.75, 3.05) is 13.1 Å². The molecule has 0 bridgehead atoms. The lowest BCUT2D eigenvalue weighted by Crippen LogP contribution is -2.44. The van der Waals surface area contributed by atoms with Gasteiger partial charge in [0.25, 0.3) is 5.91 Å². The maximum absolute atomic E-state index is 12.6. The molecule has 1 aliphatic rings. The van der Waals surface area contributed by atoms with Gasteiger partial charge >= 0.3 is 0 Å². The highest BCUT2D eigenvalue weighted by atomic mass is 16.3. The van der Waals surface area contributed by atoms with Gasteiger partial charge in [-0.1, -0.05) is 6.07 Å². The molecule has 4 heteroatoms. The summed E-state index contributed by atoms with van der Waals surface area (Å²) >= 11 is 0. The van der Waals surface area contributed by atoms with Crippen LogP contribution in [0.4, 0.5) is 0 Å². The highest BCUT2D eigenvalue weighted by Crippen LogP contribution is 2.25. The van der Waals surface area contributed by atoms with Gasteiger partial charge in [0.1, 0.15) is 5.75 Å². The van der Waals surface area contributed by atoms with Gasteiger partial charge in [-0.15, -0.1) is 0 Å². The van der Waals surface area contributed by atoms with Gasteiger partial charge in [0.15, 0.2) is 0 Å². The van der Waals surface area contributed by atoms with Gasteiger partial charge in [-0.25, -0.2) is 0 Å². The molecule has 0 aromatic heterocycles. The number of nitrogens with zero attached hydrogens (tertiary/aromatic N) is 1. The standard InChI is InChI=1S/C15H22N2O2/c1-11-13(6-4-7-14(11)18)15(19)17-10-3-2-5-12(17)8-9-16/h4,6-7,12,18H,2-3,5,8-10,16H2,1H3. The minimum Gasteiger partial charge on any atom is -0.508 e. The second-order valence-corrected chi connectivity index (χ2v) is 5.18. The van der Waals surface area contributed by atoms with E-state index < -0.39 is 0 Å². The Balaban J connectivity index is 2.23. The number of hydrogen-bond acceptors (Lipinski definition) is 3. The molecule has 0 saturated carbocycles. The molecule has 1 fully saturated rings. The third-order valence-electron chi connectivity index (χ3n) is 3.92. The van der Waals surface area contributed by atoms with Crippen LogP contribution in [0.15, 0.2) is 18.2 Å². The quantitative estimate of drug-likeness (QED) is 0.876. The molecule has 1 saturated heterocycles. The molecule has 2 rings (SSSR count). The van der Waals surface area contributed by atoms with E-state index in [1.54, 1.807) is 25.1 Å². The SMILES string of the molecule is Cc1c(O)cccc1C(=O)N1CCCCC1CCN. The van der Waals surface area contributed by atoms with Crippen LogP contribution in [0.2, 0.25) is 0 Å². The Labute approximate surface area is 114 Å². The van der Waals surface area contributed by atoms with Crippen LogP contribution >= 0.6 is 0 Å². The number of amides is 1. The first-order valence-electron chi connectivity index (χ1n) is 6.94. The summed E-state index contributed by atoms with van der Waals surface area (Å²) in [6.07, 6.45) is 4.09. The summed E-state index contributed by atoms with van der Waals surface area (Å²) in [5, 5.41) is 9.73. The minimum atomic E-state index is 0.0200. The Bertz CT molecular complexity index is 457. The number of aromatic hydroxyl groups is 1. The van der Waals surface area contributed by atoms with Crippen LogP contribution in [0.25, 0.3) is 0 Å². The van der Waals surface area contributed by atoms with E-state index in [-0.39, 0.29) is 17.7 Å². The zero-order valence-corrected chi connectivity index (χ0v) is 11.4. The first-order valence-corrected chi connectivity index (χ1v) is 6.94. The first kappa shape index (κ1) is 13.9. The van der Waals surface area contributed by atoms with Crippen molar-refractivity contribution in [3.8, 4) is 5.75 Å². The van der Waals surface area contributed by atoms with Gasteiger partial charge in [-0.05, 0) is 51.3 Å². The molecule has 0 aliphatic carbocycles. The number of rotatable bonds is 3. The Hall–Kier alpha value is -1.55. The van der Waals surface area contributed by atoms with Crippen molar-refractivity contribution in [1.82, 2.24) is 4.90 Å². The predicted octanol–water partition coefficient (Wildman–Crippen LogP) is 2.04. The molecule has 1 heterocycles. The van der Waals surface area contributed by atoms with Crippen molar-refractivity contribution in [3.05, 3.63) is 29.3 Å². The second-order valence-electron chi connectivity index (χ2n) is 5.18. The second kappa shape index (κ2) is 6.06. The molecule has 1 aliphatic heterocycles. The van der Waals surface area contributed by atoms with Crippen LogP contribution in [0.3, 0.4) is 0 Å². The van der Waals surface area contributed by atoms with Gasteiger partial charge in [0, 0.05) is 23.7 Å². The molecule has 0 radical (unpaired) electrons. The highest BCUT2D eigenvalue weighted by Gasteiger charge is 2.27. The number of likely N-dealkylation sites (tertiary alicyclic amines) is 1. The number of piperidine rings is 1. The largest absolute Gasteiger partial charge is 0.508 e. The molecule has 1 amide bonds. The van der Waals surface area contributed by atoms with Crippen LogP contribution in [0.5, 0.6) is 5.75 Å². The van der Waals surface area contributed by atoms with Crippen molar-refractivity contribution in [2.45, 2.75) is 38.6 Å². The average Bonchev–Trinajstić information content (AvgIpc) is 2.42. The molecule has 4 nitrogen and oxygen atoms in total. The van der Waals surface area contributed by atoms with Crippen molar-refractivity contribution in [3.63, 3.8) is 0 Å². The van der Waals surface area contributed by atoms with Crippen LogP contribution in [-0.4, -0.2) is 35.0 Å². The summed E-state index contributed by atoms with van der Waals surface area (Å²) in [5.41, 5.74) is 6.89. The summed E-state index contributed by atoms with van der Waals surface area (Å²) in [6, 6.07) is 5.36. The van der Waals surface area contributed by atoms with Crippen LogP contribution in [-0.2, 0) is 0 Å². The fraction of sp³-hybridized carbons (Fsp3) is 0.533. The van der Waals surface area contributed by atoms with E-state index in [0.717, 1.165) is 32.2 Å². The smallest absolute Gasteiger partial charge is 0.254 e. The summed E-state index contributed by atoms with van der Waals surface area (Å²) in [7, 11) is 0. The van der Waals surface area contributed by atoms with E-state index in [9.17, 15) is 9.90 Å². The van der Waals surface area contributed by atoms with E-state index in [0.29, 0.717) is 17.7 Å². The van der Waals surface area contributed by atoms with E-state index in [2.05, 4.69) is 0 Å². The van der Waals surface area contributed by atoms with Gasteiger partial charge in [0.2, 0.25) is 0 Å². The monoisotopic (exact) mass is 262 g/mol. The summed E-state index contributed by atoms with van der Waals surface area (Å²) in [4.78, 5) is 14.6. The number of nitrogens with two attached hydrogens (primary N) is 1. The number of benzene rings is 1. The molecule has 1 aromatic carbocycles. The van der Waals surface area contributed by atoms with Crippen molar-refractivity contribution in [2.24, 2.45) is 5.73 Å². The number of carbonyl (C=O) groups excluding carboxylic acids is 1. The van der Waals surface area contributed by atoms with Gasteiger partial charge in [0.05, 0.1) is 0 Å².